The summed E-state index contributed by atoms with van der Waals surface area (Å²) < 4.78 is 0. The molecule has 1 atom stereocenters. The van der Waals surface area contributed by atoms with Crippen LogP contribution in [0.25, 0.3) is 0 Å². The van der Waals surface area contributed by atoms with Gasteiger partial charge in [0.25, 0.3) is 0 Å². The van der Waals surface area contributed by atoms with E-state index in [1.807, 2.05) is 35.2 Å². The predicted octanol–water partition coefficient (Wildman–Crippen LogP) is 2.86. The van der Waals surface area contributed by atoms with E-state index in [4.69, 9.17) is 16.9 Å². The zero-order valence-corrected chi connectivity index (χ0v) is 13.8. The minimum absolute atomic E-state index is 0.0392. The van der Waals surface area contributed by atoms with Crippen LogP contribution in [0.15, 0.2) is 42.6 Å². The number of nitriles is 1. The molecule has 1 saturated heterocycles. The summed E-state index contributed by atoms with van der Waals surface area (Å²) in [5.41, 5.74) is 1.65. The van der Waals surface area contributed by atoms with Crippen LogP contribution in [0.1, 0.15) is 17.5 Å². The molecule has 0 aliphatic carbocycles. The number of likely N-dealkylation sites (tertiary alicyclic amines) is 1. The first-order valence-corrected chi connectivity index (χ1v) is 8.17. The number of pyridine rings is 1. The van der Waals surface area contributed by atoms with Gasteiger partial charge in [0.05, 0.1) is 11.6 Å². The largest absolute Gasteiger partial charge is 0.365 e. The Kier molecular flexibility index (Phi) is 4.97. The lowest BCUT2D eigenvalue weighted by Gasteiger charge is -2.17. The number of amides is 1. The second-order valence-corrected chi connectivity index (χ2v) is 6.25. The smallest absolute Gasteiger partial charge is 0.224 e. The lowest BCUT2D eigenvalue weighted by Crippen LogP contribution is -2.30. The van der Waals surface area contributed by atoms with E-state index in [1.165, 1.54) is 6.20 Å². The van der Waals surface area contributed by atoms with Crippen molar-refractivity contribution in [2.24, 2.45) is 0 Å². The Balaban J connectivity index is 1.54. The Morgan fingerprint density at radius 1 is 1.38 bits per heavy atom. The van der Waals surface area contributed by atoms with E-state index >= 15 is 0 Å². The molecule has 0 bridgehead atoms. The van der Waals surface area contributed by atoms with Crippen LogP contribution >= 0.6 is 11.6 Å². The van der Waals surface area contributed by atoms with Gasteiger partial charge >= 0.3 is 0 Å². The Hall–Kier alpha value is -2.58. The molecule has 6 heteroatoms. The maximum atomic E-state index is 12.2. The van der Waals surface area contributed by atoms with Crippen LogP contribution in [0.2, 0.25) is 5.02 Å². The first-order chi connectivity index (χ1) is 11.6. The number of hydrogen-bond acceptors (Lipinski definition) is 4. The molecule has 122 valence electrons. The summed E-state index contributed by atoms with van der Waals surface area (Å²) in [6.45, 7) is 1.33. The molecule has 24 heavy (non-hydrogen) atoms. The molecular weight excluding hydrogens is 324 g/mol. The number of aromatic nitrogens is 1. The third kappa shape index (κ3) is 4.03. The first-order valence-electron chi connectivity index (χ1n) is 7.79. The molecule has 0 saturated carbocycles. The first kappa shape index (κ1) is 16.3. The van der Waals surface area contributed by atoms with E-state index in [1.54, 1.807) is 12.1 Å². The standard InChI is InChI=1S/C18H17ClN4O/c19-15-3-1-2-13(8-15)6-7-23-12-16(9-18(23)24)22-17-5-4-14(10-20)11-21-17/h1-5,8,11,16H,6-7,9,12H2,(H,21,22). The lowest BCUT2D eigenvalue weighted by molar-refractivity contribution is -0.127. The van der Waals surface area contributed by atoms with Crippen LogP contribution in [0, 0.1) is 11.3 Å². The number of benzene rings is 1. The molecule has 1 aliphatic rings. The molecule has 1 N–H and O–H groups in total. The van der Waals surface area contributed by atoms with Crippen molar-refractivity contribution < 1.29 is 4.79 Å². The van der Waals surface area contributed by atoms with Gasteiger partial charge in [0.2, 0.25) is 5.91 Å². The number of nitrogens with one attached hydrogen (secondary N) is 1. The van der Waals surface area contributed by atoms with Crippen molar-refractivity contribution in [3.63, 3.8) is 0 Å². The van der Waals surface area contributed by atoms with Gasteiger partial charge < -0.3 is 10.2 Å². The second-order valence-electron chi connectivity index (χ2n) is 5.81. The summed E-state index contributed by atoms with van der Waals surface area (Å²) in [4.78, 5) is 18.2. The van der Waals surface area contributed by atoms with Gasteiger partial charge in [0.15, 0.2) is 0 Å². The summed E-state index contributed by atoms with van der Waals surface area (Å²) in [7, 11) is 0. The van der Waals surface area contributed by atoms with Crippen LogP contribution in [-0.2, 0) is 11.2 Å². The van der Waals surface area contributed by atoms with Gasteiger partial charge in [-0.1, -0.05) is 23.7 Å². The predicted molar refractivity (Wildman–Crippen MR) is 92.7 cm³/mol. The van der Waals surface area contributed by atoms with Crippen molar-refractivity contribution in [2.75, 3.05) is 18.4 Å². The molecule has 1 unspecified atom stereocenters. The summed E-state index contributed by atoms with van der Waals surface area (Å²) in [6, 6.07) is 13.3. The van der Waals surface area contributed by atoms with Crippen LogP contribution < -0.4 is 5.32 Å². The highest BCUT2D eigenvalue weighted by Gasteiger charge is 2.29. The van der Waals surface area contributed by atoms with E-state index in [0.29, 0.717) is 35.9 Å². The van der Waals surface area contributed by atoms with Crippen LogP contribution in [-0.4, -0.2) is 34.9 Å². The minimum Gasteiger partial charge on any atom is -0.365 e. The molecule has 1 aromatic carbocycles. The Bertz CT molecular complexity index is 769. The lowest BCUT2D eigenvalue weighted by atomic mass is 10.1. The number of nitrogens with zero attached hydrogens (tertiary/aromatic N) is 3. The summed E-state index contributed by atoms with van der Waals surface area (Å²) in [6.07, 6.45) is 2.77. The van der Waals surface area contributed by atoms with E-state index in [0.717, 1.165) is 12.0 Å². The highest BCUT2D eigenvalue weighted by Crippen LogP contribution is 2.17. The molecule has 2 heterocycles. The van der Waals surface area contributed by atoms with Crippen LogP contribution in [0.3, 0.4) is 0 Å². The zero-order chi connectivity index (χ0) is 16.9. The Morgan fingerprint density at radius 2 is 2.25 bits per heavy atom. The SMILES string of the molecule is N#Cc1ccc(NC2CC(=O)N(CCc3cccc(Cl)c3)C2)nc1. The summed E-state index contributed by atoms with van der Waals surface area (Å²) in [5, 5.41) is 12.8. The number of carbonyl (C=O) groups excluding carboxylic acids is 1. The van der Waals surface area contributed by atoms with Crippen molar-refractivity contribution in [3.8, 4) is 6.07 Å². The number of anilines is 1. The highest BCUT2D eigenvalue weighted by atomic mass is 35.5. The van der Waals surface area contributed by atoms with Gasteiger partial charge in [0.1, 0.15) is 11.9 Å². The van der Waals surface area contributed by atoms with Crippen molar-refractivity contribution in [3.05, 3.63) is 58.7 Å². The molecule has 5 nitrogen and oxygen atoms in total. The average molecular weight is 341 g/mol. The number of hydrogen-bond donors (Lipinski definition) is 1. The van der Waals surface area contributed by atoms with Gasteiger partial charge in [-0.25, -0.2) is 4.98 Å². The molecular formula is C18H17ClN4O. The fourth-order valence-electron chi connectivity index (χ4n) is 2.80. The van der Waals surface area contributed by atoms with Gasteiger partial charge in [-0.3, -0.25) is 4.79 Å². The van der Waals surface area contributed by atoms with Crippen LogP contribution in [0.5, 0.6) is 0 Å². The van der Waals surface area contributed by atoms with E-state index in [9.17, 15) is 4.79 Å². The second kappa shape index (κ2) is 7.33. The highest BCUT2D eigenvalue weighted by molar-refractivity contribution is 6.30. The molecule has 2 aromatic rings. The zero-order valence-electron chi connectivity index (χ0n) is 13.1. The van der Waals surface area contributed by atoms with Crippen molar-refractivity contribution in [1.29, 1.82) is 5.26 Å². The molecule has 1 fully saturated rings. The van der Waals surface area contributed by atoms with Gasteiger partial charge in [-0.05, 0) is 36.2 Å². The van der Waals surface area contributed by atoms with Crippen molar-refractivity contribution in [2.45, 2.75) is 18.9 Å². The Labute approximate surface area is 145 Å². The molecule has 1 amide bonds. The number of carbonyl (C=O) groups is 1. The van der Waals surface area contributed by atoms with Gasteiger partial charge in [0, 0.05) is 30.7 Å². The fourth-order valence-corrected chi connectivity index (χ4v) is 3.01. The van der Waals surface area contributed by atoms with Crippen LogP contribution in [0.4, 0.5) is 5.82 Å². The number of halogens is 1. The molecule has 3 rings (SSSR count). The molecule has 0 radical (unpaired) electrons. The Morgan fingerprint density at radius 3 is 2.96 bits per heavy atom. The van der Waals surface area contributed by atoms with Crippen molar-refractivity contribution in [1.82, 2.24) is 9.88 Å². The van der Waals surface area contributed by atoms with E-state index < -0.39 is 0 Å². The maximum Gasteiger partial charge on any atom is 0.224 e. The maximum absolute atomic E-state index is 12.2. The van der Waals surface area contributed by atoms with Gasteiger partial charge in [-0.2, -0.15) is 5.26 Å². The molecule has 1 aliphatic heterocycles. The fraction of sp³-hybridized carbons (Fsp3) is 0.278. The quantitative estimate of drug-likeness (QED) is 0.908. The van der Waals surface area contributed by atoms with Gasteiger partial charge in [-0.15, -0.1) is 0 Å². The number of rotatable bonds is 5. The third-order valence-electron chi connectivity index (χ3n) is 4.02. The summed E-state index contributed by atoms with van der Waals surface area (Å²) >= 11 is 5.99. The van der Waals surface area contributed by atoms with Crippen molar-refractivity contribution >= 4 is 23.3 Å². The third-order valence-corrected chi connectivity index (χ3v) is 4.25. The van der Waals surface area contributed by atoms with E-state index in [-0.39, 0.29) is 11.9 Å². The van der Waals surface area contributed by atoms with E-state index in [2.05, 4.69) is 10.3 Å². The minimum atomic E-state index is 0.0392. The topological polar surface area (TPSA) is 69.0 Å². The normalized spacial score (nSPS) is 16.9. The average Bonchev–Trinajstić information content (AvgIpc) is 2.93. The molecule has 1 aromatic heterocycles. The monoisotopic (exact) mass is 340 g/mol. The molecule has 0 spiro atoms. The summed E-state index contributed by atoms with van der Waals surface area (Å²) in [5.74, 6) is 0.826.